The first-order chi connectivity index (χ1) is 11.3. The van der Waals surface area contributed by atoms with E-state index >= 15 is 0 Å². The van der Waals surface area contributed by atoms with Crippen LogP contribution >= 0.6 is 0 Å². The van der Waals surface area contributed by atoms with Gasteiger partial charge in [-0.3, -0.25) is 4.90 Å². The summed E-state index contributed by atoms with van der Waals surface area (Å²) < 4.78 is 6.14. The molecule has 0 radical (unpaired) electrons. The summed E-state index contributed by atoms with van der Waals surface area (Å²) in [6.45, 7) is 7.56. The van der Waals surface area contributed by atoms with E-state index in [4.69, 9.17) is 4.74 Å². The van der Waals surface area contributed by atoms with Crippen molar-refractivity contribution >= 4 is 5.57 Å². The molecule has 1 aromatic carbocycles. The zero-order valence-corrected chi connectivity index (χ0v) is 14.2. The minimum Gasteiger partial charge on any atom is -0.493 e. The van der Waals surface area contributed by atoms with Gasteiger partial charge in [0.25, 0.3) is 0 Å². The molecule has 0 atom stereocenters. The number of benzene rings is 1. The van der Waals surface area contributed by atoms with Crippen LogP contribution in [0.1, 0.15) is 36.8 Å². The number of aryl methyl sites for hydroxylation is 1. The van der Waals surface area contributed by atoms with Crippen LogP contribution in [0, 0.1) is 12.8 Å². The lowest BCUT2D eigenvalue weighted by atomic mass is 10.0. The van der Waals surface area contributed by atoms with Crippen molar-refractivity contribution in [1.29, 1.82) is 0 Å². The number of nitrogens with zero attached hydrogens (tertiary/aromatic N) is 1. The molecule has 1 aliphatic carbocycles. The van der Waals surface area contributed by atoms with Gasteiger partial charge >= 0.3 is 0 Å². The van der Waals surface area contributed by atoms with Crippen molar-refractivity contribution in [2.75, 3.05) is 32.8 Å². The van der Waals surface area contributed by atoms with Gasteiger partial charge in [-0.25, -0.2) is 0 Å². The highest BCUT2D eigenvalue weighted by atomic mass is 16.5. The minimum atomic E-state index is 0.741. The van der Waals surface area contributed by atoms with Crippen LogP contribution in [0.25, 0.3) is 5.57 Å². The molecule has 2 heterocycles. The highest BCUT2D eigenvalue weighted by Crippen LogP contribution is 2.34. The predicted molar refractivity (Wildman–Crippen MR) is 94.8 cm³/mol. The second kappa shape index (κ2) is 6.66. The Kier molecular flexibility index (Phi) is 4.41. The van der Waals surface area contributed by atoms with E-state index in [-0.39, 0.29) is 0 Å². The molecular weight excluding hydrogens is 284 g/mol. The summed E-state index contributed by atoms with van der Waals surface area (Å²) in [5.41, 5.74) is 4.10. The molecule has 3 aliphatic rings. The number of rotatable bonds is 5. The Morgan fingerprint density at radius 3 is 2.78 bits per heavy atom. The summed E-state index contributed by atoms with van der Waals surface area (Å²) in [4.78, 5) is 2.64. The Morgan fingerprint density at radius 2 is 2.00 bits per heavy atom. The zero-order valence-electron chi connectivity index (χ0n) is 14.2. The van der Waals surface area contributed by atoms with Crippen LogP contribution in [0.3, 0.4) is 0 Å². The molecule has 1 N–H and O–H groups in total. The van der Waals surface area contributed by atoms with E-state index in [0.29, 0.717) is 0 Å². The molecule has 0 amide bonds. The van der Waals surface area contributed by atoms with Crippen LogP contribution in [-0.4, -0.2) is 43.7 Å². The molecular formula is C20H28N2O. The van der Waals surface area contributed by atoms with Crippen LogP contribution in [0.4, 0.5) is 0 Å². The van der Waals surface area contributed by atoms with Gasteiger partial charge < -0.3 is 10.1 Å². The van der Waals surface area contributed by atoms with Gasteiger partial charge in [0, 0.05) is 24.7 Å². The van der Waals surface area contributed by atoms with Crippen LogP contribution in [-0.2, 0) is 0 Å². The fourth-order valence-corrected chi connectivity index (χ4v) is 3.73. The Labute approximate surface area is 139 Å². The molecule has 0 aromatic heterocycles. The second-order valence-electron chi connectivity index (χ2n) is 7.39. The maximum absolute atomic E-state index is 6.14. The number of nitrogens with one attached hydrogen (secondary N) is 1. The third kappa shape index (κ3) is 3.61. The summed E-state index contributed by atoms with van der Waals surface area (Å²) >= 11 is 0. The summed E-state index contributed by atoms with van der Waals surface area (Å²) in [5, 5.41) is 3.47. The molecule has 4 rings (SSSR count). The van der Waals surface area contributed by atoms with Gasteiger partial charge in [-0.05, 0) is 69.3 Å². The molecule has 1 saturated heterocycles. The molecule has 2 aliphatic heterocycles. The number of hydrogen-bond donors (Lipinski definition) is 1. The maximum atomic E-state index is 6.14. The summed E-state index contributed by atoms with van der Waals surface area (Å²) in [6, 6.07) is 7.39. The van der Waals surface area contributed by atoms with Gasteiger partial charge in [0.1, 0.15) is 5.75 Å². The van der Waals surface area contributed by atoms with E-state index in [1.165, 1.54) is 42.4 Å². The molecule has 0 spiro atoms. The Hall–Kier alpha value is -1.32. The normalized spacial score (nSPS) is 23.1. The molecule has 0 unspecified atom stereocenters. The lowest BCUT2D eigenvalue weighted by molar-refractivity contribution is 0.208. The quantitative estimate of drug-likeness (QED) is 0.903. The zero-order chi connectivity index (χ0) is 15.6. The lowest BCUT2D eigenvalue weighted by Gasteiger charge is -2.31. The van der Waals surface area contributed by atoms with E-state index in [9.17, 15) is 0 Å². The van der Waals surface area contributed by atoms with Gasteiger partial charge in [-0.15, -0.1) is 0 Å². The fourth-order valence-electron chi connectivity index (χ4n) is 3.73. The number of hydrogen-bond acceptors (Lipinski definition) is 3. The molecule has 0 bridgehead atoms. The smallest absolute Gasteiger partial charge is 0.126 e. The SMILES string of the molecule is Cc1ccc(OCC2CC2)c(C2=CCN(C3CCNCC3)C2)c1. The van der Waals surface area contributed by atoms with Crippen molar-refractivity contribution in [3.05, 3.63) is 35.4 Å². The van der Waals surface area contributed by atoms with E-state index in [1.807, 2.05) is 0 Å². The average molecular weight is 312 g/mol. The Bertz CT molecular complexity index is 585. The first-order valence-corrected chi connectivity index (χ1v) is 9.17. The van der Waals surface area contributed by atoms with E-state index in [2.05, 4.69) is 41.4 Å². The van der Waals surface area contributed by atoms with Gasteiger partial charge in [-0.2, -0.15) is 0 Å². The first-order valence-electron chi connectivity index (χ1n) is 9.17. The third-order valence-corrected chi connectivity index (χ3v) is 5.42. The second-order valence-corrected chi connectivity index (χ2v) is 7.39. The molecule has 23 heavy (non-hydrogen) atoms. The van der Waals surface area contributed by atoms with Gasteiger partial charge in [0.15, 0.2) is 0 Å². The van der Waals surface area contributed by atoms with Crippen LogP contribution in [0.5, 0.6) is 5.75 Å². The molecule has 1 saturated carbocycles. The maximum Gasteiger partial charge on any atom is 0.126 e. The average Bonchev–Trinajstić information content (AvgIpc) is 3.28. The molecule has 3 heteroatoms. The summed E-state index contributed by atoms with van der Waals surface area (Å²) in [6.07, 6.45) is 7.65. The van der Waals surface area contributed by atoms with Crippen LogP contribution in [0.2, 0.25) is 0 Å². The molecule has 2 fully saturated rings. The van der Waals surface area contributed by atoms with Crippen molar-refractivity contribution in [3.8, 4) is 5.75 Å². The van der Waals surface area contributed by atoms with Gasteiger partial charge in [0.05, 0.1) is 6.61 Å². The van der Waals surface area contributed by atoms with Crippen molar-refractivity contribution in [3.63, 3.8) is 0 Å². The van der Waals surface area contributed by atoms with Gasteiger partial charge in [0.2, 0.25) is 0 Å². The van der Waals surface area contributed by atoms with Gasteiger partial charge in [-0.1, -0.05) is 17.7 Å². The van der Waals surface area contributed by atoms with Crippen LogP contribution in [0.15, 0.2) is 24.3 Å². The predicted octanol–water partition coefficient (Wildman–Crippen LogP) is 3.23. The topological polar surface area (TPSA) is 24.5 Å². The third-order valence-electron chi connectivity index (χ3n) is 5.42. The highest BCUT2D eigenvalue weighted by Gasteiger charge is 2.27. The molecule has 3 nitrogen and oxygen atoms in total. The number of piperidine rings is 1. The molecule has 1 aromatic rings. The summed E-state index contributed by atoms with van der Waals surface area (Å²) in [7, 11) is 0. The van der Waals surface area contributed by atoms with E-state index in [0.717, 1.165) is 50.5 Å². The number of ether oxygens (including phenoxy) is 1. The summed E-state index contributed by atoms with van der Waals surface area (Å²) in [5.74, 6) is 1.88. The van der Waals surface area contributed by atoms with Crippen molar-refractivity contribution in [2.45, 2.75) is 38.6 Å². The Balaban J connectivity index is 1.47. The Morgan fingerprint density at radius 1 is 1.17 bits per heavy atom. The standard InChI is InChI=1S/C20H28N2O/c1-15-2-5-20(23-14-16-3-4-16)19(12-15)17-8-11-22(13-17)18-6-9-21-10-7-18/h2,5,8,12,16,18,21H,3-4,6-7,9-11,13-14H2,1H3. The lowest BCUT2D eigenvalue weighted by Crippen LogP contribution is -2.42. The van der Waals surface area contributed by atoms with Crippen molar-refractivity contribution in [1.82, 2.24) is 10.2 Å². The van der Waals surface area contributed by atoms with Crippen molar-refractivity contribution < 1.29 is 4.74 Å². The van der Waals surface area contributed by atoms with E-state index < -0.39 is 0 Å². The fraction of sp³-hybridized carbons (Fsp3) is 0.600. The van der Waals surface area contributed by atoms with E-state index in [1.54, 1.807) is 0 Å². The highest BCUT2D eigenvalue weighted by molar-refractivity contribution is 5.74. The largest absolute Gasteiger partial charge is 0.493 e. The molecule has 124 valence electrons. The minimum absolute atomic E-state index is 0.741. The van der Waals surface area contributed by atoms with Crippen LogP contribution < -0.4 is 10.1 Å². The first kappa shape index (κ1) is 15.2. The van der Waals surface area contributed by atoms with Crippen molar-refractivity contribution in [2.24, 2.45) is 5.92 Å². The monoisotopic (exact) mass is 312 g/mol.